The number of anilines is 1. The zero-order valence-corrected chi connectivity index (χ0v) is 12.4. The van der Waals surface area contributed by atoms with Crippen LogP contribution in [0.1, 0.15) is 18.5 Å². The summed E-state index contributed by atoms with van der Waals surface area (Å²) < 4.78 is 1.96. The van der Waals surface area contributed by atoms with Crippen molar-refractivity contribution < 1.29 is 0 Å². The average Bonchev–Trinajstić information content (AvgIpc) is 3.02. The molecule has 1 aliphatic heterocycles. The first-order valence-corrected chi connectivity index (χ1v) is 7.57. The molecule has 0 radical (unpaired) electrons. The highest BCUT2D eigenvalue weighted by Gasteiger charge is 2.20. The largest absolute Gasteiger partial charge is 0.354 e. The zero-order chi connectivity index (χ0) is 14.5. The molecule has 0 saturated carbocycles. The average molecular weight is 286 g/mol. The number of aromatic nitrogens is 4. The van der Waals surface area contributed by atoms with Gasteiger partial charge in [0.1, 0.15) is 0 Å². The Morgan fingerprint density at radius 1 is 1.33 bits per heavy atom. The minimum atomic E-state index is 0.511. The predicted octanol–water partition coefficient (Wildman–Crippen LogP) is 1.24. The van der Waals surface area contributed by atoms with Crippen LogP contribution in [-0.2, 0) is 6.54 Å². The summed E-state index contributed by atoms with van der Waals surface area (Å²) in [4.78, 5) is 2.32. The molecule has 1 atom stereocenters. The van der Waals surface area contributed by atoms with Crippen molar-refractivity contribution in [3.05, 3.63) is 36.3 Å². The van der Waals surface area contributed by atoms with Crippen molar-refractivity contribution in [1.29, 1.82) is 0 Å². The Labute approximate surface area is 125 Å². The molecule has 0 unspecified atom stereocenters. The molecule has 1 saturated heterocycles. The topological polar surface area (TPSA) is 58.9 Å². The SMILES string of the molecule is Cc1ccc(N2CCC[C@H](NCCn3cccn3)C2)nn1. The minimum absolute atomic E-state index is 0.511. The molecule has 1 fully saturated rings. The zero-order valence-electron chi connectivity index (χ0n) is 12.4. The number of aryl methyl sites for hydroxylation is 1. The predicted molar refractivity (Wildman–Crippen MR) is 82.2 cm³/mol. The maximum Gasteiger partial charge on any atom is 0.151 e. The van der Waals surface area contributed by atoms with Gasteiger partial charge in [0.2, 0.25) is 0 Å². The molecular weight excluding hydrogens is 264 g/mol. The molecule has 0 bridgehead atoms. The highest BCUT2D eigenvalue weighted by atomic mass is 15.3. The summed E-state index contributed by atoms with van der Waals surface area (Å²) in [5.41, 5.74) is 0.963. The molecule has 1 aliphatic rings. The first-order valence-electron chi connectivity index (χ1n) is 7.57. The van der Waals surface area contributed by atoms with Gasteiger partial charge in [0.05, 0.1) is 12.2 Å². The van der Waals surface area contributed by atoms with E-state index in [1.165, 1.54) is 12.8 Å². The van der Waals surface area contributed by atoms with Crippen LogP contribution in [-0.4, -0.2) is 45.7 Å². The van der Waals surface area contributed by atoms with Crippen LogP contribution < -0.4 is 10.2 Å². The Balaban J connectivity index is 1.49. The number of hydrogen-bond acceptors (Lipinski definition) is 5. The summed E-state index contributed by atoms with van der Waals surface area (Å²) >= 11 is 0. The Bertz CT molecular complexity index is 536. The Morgan fingerprint density at radius 3 is 3.05 bits per heavy atom. The van der Waals surface area contributed by atoms with E-state index in [1.54, 1.807) is 0 Å². The second-order valence-corrected chi connectivity index (χ2v) is 5.54. The van der Waals surface area contributed by atoms with Gasteiger partial charge in [0.25, 0.3) is 0 Å². The molecule has 6 nitrogen and oxygen atoms in total. The second-order valence-electron chi connectivity index (χ2n) is 5.54. The number of piperidine rings is 1. The number of hydrogen-bond donors (Lipinski definition) is 1. The van der Waals surface area contributed by atoms with Crippen molar-refractivity contribution in [2.45, 2.75) is 32.4 Å². The van der Waals surface area contributed by atoms with Crippen molar-refractivity contribution >= 4 is 5.82 Å². The van der Waals surface area contributed by atoms with Crippen LogP contribution in [0.5, 0.6) is 0 Å². The van der Waals surface area contributed by atoms with Crippen LogP contribution in [0.4, 0.5) is 5.82 Å². The Kier molecular flexibility index (Phi) is 4.45. The summed E-state index contributed by atoms with van der Waals surface area (Å²) in [5, 5.41) is 16.3. The Morgan fingerprint density at radius 2 is 2.29 bits per heavy atom. The van der Waals surface area contributed by atoms with E-state index in [1.807, 2.05) is 36.1 Å². The number of nitrogens with zero attached hydrogens (tertiary/aromatic N) is 5. The van der Waals surface area contributed by atoms with Gasteiger partial charge in [-0.05, 0) is 38.0 Å². The highest BCUT2D eigenvalue weighted by molar-refractivity contribution is 5.38. The molecular formula is C15H22N6. The normalized spacial score (nSPS) is 18.9. The summed E-state index contributed by atoms with van der Waals surface area (Å²) in [6.07, 6.45) is 6.22. The van der Waals surface area contributed by atoms with E-state index in [9.17, 15) is 0 Å². The van der Waals surface area contributed by atoms with Crippen molar-refractivity contribution in [3.63, 3.8) is 0 Å². The van der Waals surface area contributed by atoms with Crippen LogP contribution in [0.15, 0.2) is 30.6 Å². The summed E-state index contributed by atoms with van der Waals surface area (Å²) in [6.45, 7) is 5.88. The maximum absolute atomic E-state index is 4.29. The fraction of sp³-hybridized carbons (Fsp3) is 0.533. The lowest BCUT2D eigenvalue weighted by Crippen LogP contribution is -2.46. The smallest absolute Gasteiger partial charge is 0.151 e. The number of nitrogens with one attached hydrogen (secondary N) is 1. The van der Waals surface area contributed by atoms with E-state index >= 15 is 0 Å². The van der Waals surface area contributed by atoms with E-state index in [0.717, 1.165) is 37.7 Å². The lowest BCUT2D eigenvalue weighted by atomic mass is 10.1. The molecule has 2 aromatic heterocycles. The lowest BCUT2D eigenvalue weighted by molar-refractivity contribution is 0.406. The summed E-state index contributed by atoms with van der Waals surface area (Å²) in [5.74, 6) is 0.985. The molecule has 0 spiro atoms. The van der Waals surface area contributed by atoms with Crippen molar-refractivity contribution in [3.8, 4) is 0 Å². The molecule has 0 aromatic carbocycles. The second kappa shape index (κ2) is 6.67. The van der Waals surface area contributed by atoms with Gasteiger partial charge in [-0.2, -0.15) is 10.2 Å². The molecule has 112 valence electrons. The third-order valence-corrected chi connectivity index (χ3v) is 3.86. The van der Waals surface area contributed by atoms with E-state index in [0.29, 0.717) is 6.04 Å². The standard InChI is InChI=1S/C15H22N6/c1-13-5-6-15(19-18-13)20-9-2-4-14(12-20)16-8-11-21-10-3-7-17-21/h3,5-7,10,14,16H,2,4,8-9,11-12H2,1H3/t14-/m0/s1. The van der Waals surface area contributed by atoms with Crippen LogP contribution in [0.3, 0.4) is 0 Å². The van der Waals surface area contributed by atoms with Gasteiger partial charge in [0.15, 0.2) is 5.82 Å². The first kappa shape index (κ1) is 14.0. The van der Waals surface area contributed by atoms with Crippen LogP contribution in [0.25, 0.3) is 0 Å². The van der Waals surface area contributed by atoms with Crippen molar-refractivity contribution in [2.75, 3.05) is 24.5 Å². The van der Waals surface area contributed by atoms with E-state index < -0.39 is 0 Å². The fourth-order valence-electron chi connectivity index (χ4n) is 2.73. The summed E-state index contributed by atoms with van der Waals surface area (Å²) in [7, 11) is 0. The fourth-order valence-corrected chi connectivity index (χ4v) is 2.73. The molecule has 6 heteroatoms. The van der Waals surface area contributed by atoms with Crippen molar-refractivity contribution in [2.24, 2.45) is 0 Å². The third-order valence-electron chi connectivity index (χ3n) is 3.86. The molecule has 2 aromatic rings. The van der Waals surface area contributed by atoms with Gasteiger partial charge in [-0.15, -0.1) is 5.10 Å². The van der Waals surface area contributed by atoms with Crippen LogP contribution in [0, 0.1) is 6.92 Å². The minimum Gasteiger partial charge on any atom is -0.354 e. The van der Waals surface area contributed by atoms with Gasteiger partial charge < -0.3 is 10.2 Å². The van der Waals surface area contributed by atoms with E-state index in [2.05, 4.69) is 31.6 Å². The molecule has 0 amide bonds. The van der Waals surface area contributed by atoms with E-state index in [4.69, 9.17) is 0 Å². The summed E-state index contributed by atoms with van der Waals surface area (Å²) in [6, 6.07) is 6.56. The molecule has 3 heterocycles. The number of rotatable bonds is 5. The van der Waals surface area contributed by atoms with Crippen molar-refractivity contribution in [1.82, 2.24) is 25.3 Å². The molecule has 3 rings (SSSR count). The van der Waals surface area contributed by atoms with Gasteiger partial charge >= 0.3 is 0 Å². The molecule has 1 N–H and O–H groups in total. The van der Waals surface area contributed by atoms with Gasteiger partial charge in [-0.25, -0.2) is 0 Å². The van der Waals surface area contributed by atoms with Gasteiger partial charge in [0, 0.05) is 38.1 Å². The first-order chi connectivity index (χ1) is 10.3. The molecule has 21 heavy (non-hydrogen) atoms. The quantitative estimate of drug-likeness (QED) is 0.896. The van der Waals surface area contributed by atoms with Crippen LogP contribution in [0.2, 0.25) is 0 Å². The maximum atomic E-state index is 4.29. The van der Waals surface area contributed by atoms with E-state index in [-0.39, 0.29) is 0 Å². The Hall–Kier alpha value is -1.95. The third kappa shape index (κ3) is 3.78. The van der Waals surface area contributed by atoms with Gasteiger partial charge in [-0.1, -0.05) is 0 Å². The highest BCUT2D eigenvalue weighted by Crippen LogP contribution is 2.17. The lowest BCUT2D eigenvalue weighted by Gasteiger charge is -2.33. The van der Waals surface area contributed by atoms with Gasteiger partial charge in [-0.3, -0.25) is 4.68 Å². The molecule has 0 aliphatic carbocycles. The monoisotopic (exact) mass is 286 g/mol. The van der Waals surface area contributed by atoms with Crippen LogP contribution >= 0.6 is 0 Å².